The summed E-state index contributed by atoms with van der Waals surface area (Å²) in [6, 6.07) is 10.3. The highest BCUT2D eigenvalue weighted by Gasteiger charge is 2.16. The van der Waals surface area contributed by atoms with E-state index >= 15 is 0 Å². The van der Waals surface area contributed by atoms with Gasteiger partial charge in [0.05, 0.1) is 14.9 Å². The summed E-state index contributed by atoms with van der Waals surface area (Å²) in [6.07, 6.45) is 0. The minimum absolute atomic E-state index is 0.163. The number of nitrogens with zero attached hydrogens (tertiary/aromatic N) is 1. The molecule has 3 rings (SSSR count). The third-order valence-corrected chi connectivity index (χ3v) is 5.63. The highest BCUT2D eigenvalue weighted by Crippen LogP contribution is 2.37. The number of halogens is 2. The molecule has 1 amide bonds. The molecular formula is C20H17Cl2N3O6S. The van der Waals surface area contributed by atoms with Gasteiger partial charge in [-0.05, 0) is 43.3 Å². The zero-order valence-electron chi connectivity index (χ0n) is 16.6. The third kappa shape index (κ3) is 5.86. The van der Waals surface area contributed by atoms with Crippen molar-refractivity contribution >= 4 is 61.7 Å². The van der Waals surface area contributed by atoms with Gasteiger partial charge < -0.3 is 14.8 Å². The maximum atomic E-state index is 12.0. The summed E-state index contributed by atoms with van der Waals surface area (Å²) in [4.78, 5) is 28.2. The van der Waals surface area contributed by atoms with Crippen LogP contribution >= 0.6 is 23.2 Å². The summed E-state index contributed by atoms with van der Waals surface area (Å²) in [5.41, 5.74) is 1.27. The summed E-state index contributed by atoms with van der Waals surface area (Å²) >= 11 is 12.4. The molecule has 0 spiro atoms. The van der Waals surface area contributed by atoms with E-state index in [1.165, 1.54) is 30.3 Å². The second-order valence-electron chi connectivity index (χ2n) is 6.59. The Morgan fingerprint density at radius 1 is 1.09 bits per heavy atom. The first kappa shape index (κ1) is 23.7. The number of primary sulfonamides is 1. The van der Waals surface area contributed by atoms with Crippen molar-refractivity contribution in [2.45, 2.75) is 11.8 Å². The molecule has 32 heavy (non-hydrogen) atoms. The number of pyridine rings is 1. The Hall–Kier alpha value is -2.92. The molecule has 0 bridgehead atoms. The Labute approximate surface area is 193 Å². The quantitative estimate of drug-likeness (QED) is 0.478. The molecule has 1 heterocycles. The van der Waals surface area contributed by atoms with E-state index in [4.69, 9.17) is 37.8 Å². The molecule has 3 aromatic rings. The van der Waals surface area contributed by atoms with Crippen LogP contribution in [-0.4, -0.2) is 38.5 Å². The predicted octanol–water partition coefficient (Wildman–Crippen LogP) is 3.06. The average molecular weight is 498 g/mol. The van der Waals surface area contributed by atoms with Crippen LogP contribution in [0.15, 0.2) is 47.4 Å². The average Bonchev–Trinajstić information content (AvgIpc) is 2.71. The summed E-state index contributed by atoms with van der Waals surface area (Å²) in [7, 11) is -3.92. The first-order valence-corrected chi connectivity index (χ1v) is 11.3. The number of aryl methyl sites for hydroxylation is 1. The Morgan fingerprint density at radius 3 is 2.56 bits per heavy atom. The molecule has 0 atom stereocenters. The van der Waals surface area contributed by atoms with Crippen molar-refractivity contribution in [2.75, 3.05) is 18.5 Å². The normalized spacial score (nSPS) is 11.2. The number of hydrogen-bond acceptors (Lipinski definition) is 7. The van der Waals surface area contributed by atoms with E-state index in [0.29, 0.717) is 21.6 Å². The zero-order chi connectivity index (χ0) is 23.5. The number of rotatable bonds is 7. The number of carbonyl (C=O) groups is 2. The van der Waals surface area contributed by atoms with Crippen LogP contribution < -0.4 is 15.2 Å². The second kappa shape index (κ2) is 9.70. The fourth-order valence-corrected chi connectivity index (χ4v) is 3.82. The summed E-state index contributed by atoms with van der Waals surface area (Å²) < 4.78 is 33.1. The molecule has 0 saturated heterocycles. The van der Waals surface area contributed by atoms with E-state index in [1.54, 1.807) is 19.1 Å². The number of aromatic nitrogens is 1. The summed E-state index contributed by atoms with van der Waals surface area (Å²) in [6.45, 7) is 0.637. The number of esters is 1. The van der Waals surface area contributed by atoms with Crippen LogP contribution in [-0.2, 0) is 24.3 Å². The summed E-state index contributed by atoms with van der Waals surface area (Å²) in [5, 5.41) is 8.61. The van der Waals surface area contributed by atoms with Crippen molar-refractivity contribution in [1.29, 1.82) is 0 Å². The van der Waals surface area contributed by atoms with Crippen LogP contribution in [0, 0.1) is 6.92 Å². The zero-order valence-corrected chi connectivity index (χ0v) is 18.9. The number of carbonyl (C=O) groups excluding carboxylic acids is 2. The highest BCUT2D eigenvalue weighted by atomic mass is 35.5. The van der Waals surface area contributed by atoms with Crippen LogP contribution in [0.2, 0.25) is 10.0 Å². The van der Waals surface area contributed by atoms with Gasteiger partial charge in [0.2, 0.25) is 10.0 Å². The molecule has 168 valence electrons. The van der Waals surface area contributed by atoms with Gasteiger partial charge >= 0.3 is 5.97 Å². The van der Waals surface area contributed by atoms with E-state index in [0.717, 1.165) is 0 Å². The standard InChI is InChI=1S/C20H17Cl2N3O6S/c1-11-5-6-14-15(21)8-16(22)20(19(14)24-11)31-10-18(27)30-9-17(26)25-12-3-2-4-13(7-12)32(23,28)29/h2-8H,9-10H2,1H3,(H,25,26)(H2,23,28,29). The third-order valence-electron chi connectivity index (χ3n) is 4.12. The van der Waals surface area contributed by atoms with Crippen molar-refractivity contribution in [2.24, 2.45) is 5.14 Å². The fourth-order valence-electron chi connectivity index (χ4n) is 2.69. The maximum Gasteiger partial charge on any atom is 0.344 e. The highest BCUT2D eigenvalue weighted by molar-refractivity contribution is 7.89. The first-order chi connectivity index (χ1) is 15.0. The first-order valence-electron chi connectivity index (χ1n) is 9.01. The van der Waals surface area contributed by atoms with Gasteiger partial charge in [0, 0.05) is 16.8 Å². The molecule has 0 aliphatic rings. The molecule has 1 aromatic heterocycles. The van der Waals surface area contributed by atoms with Gasteiger partial charge in [-0.15, -0.1) is 0 Å². The Kier molecular flexibility index (Phi) is 7.19. The predicted molar refractivity (Wildman–Crippen MR) is 119 cm³/mol. The minimum Gasteiger partial charge on any atom is -0.478 e. The molecule has 0 fully saturated rings. The van der Waals surface area contributed by atoms with E-state index < -0.39 is 35.1 Å². The van der Waals surface area contributed by atoms with Gasteiger partial charge in [-0.3, -0.25) is 4.79 Å². The second-order valence-corrected chi connectivity index (χ2v) is 8.96. The van der Waals surface area contributed by atoms with Gasteiger partial charge in [-0.1, -0.05) is 29.3 Å². The van der Waals surface area contributed by atoms with Gasteiger partial charge in [0.25, 0.3) is 5.91 Å². The SMILES string of the molecule is Cc1ccc2c(Cl)cc(Cl)c(OCC(=O)OCC(=O)Nc3cccc(S(N)(=O)=O)c3)c2n1. The largest absolute Gasteiger partial charge is 0.478 e. The molecule has 12 heteroatoms. The van der Waals surface area contributed by atoms with E-state index in [-0.39, 0.29) is 21.4 Å². The molecular weight excluding hydrogens is 481 g/mol. The topological polar surface area (TPSA) is 138 Å². The Bertz CT molecular complexity index is 1310. The molecule has 0 saturated carbocycles. The van der Waals surface area contributed by atoms with Gasteiger partial charge in [-0.2, -0.15) is 0 Å². The van der Waals surface area contributed by atoms with Crippen molar-refractivity contribution in [3.05, 3.63) is 58.2 Å². The monoisotopic (exact) mass is 497 g/mol. The number of benzene rings is 2. The molecule has 0 aliphatic heterocycles. The fraction of sp³-hybridized carbons (Fsp3) is 0.150. The van der Waals surface area contributed by atoms with Crippen LogP contribution in [0.1, 0.15) is 5.69 Å². The molecule has 2 aromatic carbocycles. The van der Waals surface area contributed by atoms with Crippen molar-refractivity contribution in [3.63, 3.8) is 0 Å². The van der Waals surface area contributed by atoms with E-state index in [1.807, 2.05) is 0 Å². The molecule has 0 aliphatic carbocycles. The summed E-state index contributed by atoms with van der Waals surface area (Å²) in [5.74, 6) is -1.35. The molecule has 3 N–H and O–H groups in total. The lowest BCUT2D eigenvalue weighted by atomic mass is 10.2. The van der Waals surface area contributed by atoms with Crippen molar-refractivity contribution in [1.82, 2.24) is 4.98 Å². The smallest absolute Gasteiger partial charge is 0.344 e. The lowest BCUT2D eigenvalue weighted by molar-refractivity contribution is -0.149. The lowest BCUT2D eigenvalue weighted by Crippen LogP contribution is -2.24. The molecule has 0 radical (unpaired) electrons. The van der Waals surface area contributed by atoms with Crippen molar-refractivity contribution in [3.8, 4) is 5.75 Å². The van der Waals surface area contributed by atoms with Crippen LogP contribution in [0.25, 0.3) is 10.9 Å². The number of nitrogens with two attached hydrogens (primary N) is 1. The number of sulfonamides is 1. The van der Waals surface area contributed by atoms with Gasteiger partial charge in [-0.25, -0.2) is 23.3 Å². The number of hydrogen-bond donors (Lipinski definition) is 2. The Morgan fingerprint density at radius 2 is 1.84 bits per heavy atom. The number of amides is 1. The number of fused-ring (bicyclic) bond motifs is 1. The van der Waals surface area contributed by atoms with Crippen LogP contribution in [0.5, 0.6) is 5.75 Å². The van der Waals surface area contributed by atoms with E-state index in [2.05, 4.69) is 10.3 Å². The maximum absolute atomic E-state index is 12.0. The molecule has 0 unspecified atom stereocenters. The molecule has 9 nitrogen and oxygen atoms in total. The van der Waals surface area contributed by atoms with Crippen molar-refractivity contribution < 1.29 is 27.5 Å². The van der Waals surface area contributed by atoms with E-state index in [9.17, 15) is 18.0 Å². The van der Waals surface area contributed by atoms with Crippen LogP contribution in [0.3, 0.4) is 0 Å². The number of ether oxygens (including phenoxy) is 2. The van der Waals surface area contributed by atoms with Crippen LogP contribution in [0.4, 0.5) is 5.69 Å². The Balaban J connectivity index is 1.59. The van der Waals surface area contributed by atoms with Gasteiger partial charge in [0.1, 0.15) is 5.52 Å². The lowest BCUT2D eigenvalue weighted by Gasteiger charge is -2.12. The number of nitrogens with one attached hydrogen (secondary N) is 1. The van der Waals surface area contributed by atoms with Gasteiger partial charge in [0.15, 0.2) is 19.0 Å². The number of anilines is 1. The minimum atomic E-state index is -3.92.